The Balaban J connectivity index is 2.34. The first kappa shape index (κ1) is 11.1. The lowest BCUT2D eigenvalue weighted by Gasteiger charge is -2.41. The van der Waals surface area contributed by atoms with Crippen LogP contribution in [-0.2, 0) is 5.60 Å². The molecule has 1 aromatic rings. The van der Waals surface area contributed by atoms with E-state index in [1.54, 1.807) is 11.3 Å². The second-order valence-electron chi connectivity index (χ2n) is 4.74. The molecule has 1 aliphatic rings. The predicted octanol–water partition coefficient (Wildman–Crippen LogP) is 2.47. The van der Waals surface area contributed by atoms with Crippen molar-refractivity contribution in [2.24, 2.45) is 11.1 Å². The van der Waals surface area contributed by atoms with Crippen LogP contribution in [0.25, 0.3) is 0 Å². The molecule has 2 nitrogen and oxygen atoms in total. The molecule has 84 valence electrons. The SMILES string of the molecule is CC(O)(c1cccs1)C1(CN)CCCC1. The van der Waals surface area contributed by atoms with Crippen LogP contribution in [0, 0.1) is 5.41 Å². The first-order valence-corrected chi connectivity index (χ1v) is 6.47. The molecule has 1 fully saturated rings. The number of thiophene rings is 1. The average Bonchev–Trinajstić information content (AvgIpc) is 2.90. The molecule has 1 aliphatic carbocycles. The number of hydrogen-bond donors (Lipinski definition) is 2. The molecule has 3 heteroatoms. The lowest BCUT2D eigenvalue weighted by atomic mass is 9.70. The zero-order valence-corrected chi connectivity index (χ0v) is 10.0. The van der Waals surface area contributed by atoms with Gasteiger partial charge in [-0.05, 0) is 31.2 Å². The molecule has 15 heavy (non-hydrogen) atoms. The highest BCUT2D eigenvalue weighted by Crippen LogP contribution is 2.51. The highest BCUT2D eigenvalue weighted by molar-refractivity contribution is 7.10. The molecule has 1 heterocycles. The van der Waals surface area contributed by atoms with Gasteiger partial charge in [-0.2, -0.15) is 0 Å². The molecular formula is C12H19NOS. The van der Waals surface area contributed by atoms with Crippen molar-refractivity contribution in [1.29, 1.82) is 0 Å². The lowest BCUT2D eigenvalue weighted by molar-refractivity contribution is -0.0664. The van der Waals surface area contributed by atoms with E-state index in [0.717, 1.165) is 17.7 Å². The summed E-state index contributed by atoms with van der Waals surface area (Å²) in [5.74, 6) is 0. The second-order valence-corrected chi connectivity index (χ2v) is 5.69. The fourth-order valence-electron chi connectivity index (χ4n) is 2.76. The molecule has 2 rings (SSSR count). The number of rotatable bonds is 3. The van der Waals surface area contributed by atoms with Gasteiger partial charge in [0.25, 0.3) is 0 Å². The maximum absolute atomic E-state index is 10.8. The Hall–Kier alpha value is -0.380. The Labute approximate surface area is 95.1 Å². The van der Waals surface area contributed by atoms with Gasteiger partial charge in [0.05, 0.1) is 0 Å². The number of nitrogens with two attached hydrogens (primary N) is 1. The molecule has 1 unspecified atom stereocenters. The van der Waals surface area contributed by atoms with Crippen molar-refractivity contribution in [2.45, 2.75) is 38.2 Å². The smallest absolute Gasteiger partial charge is 0.103 e. The normalized spacial score (nSPS) is 23.9. The van der Waals surface area contributed by atoms with E-state index in [1.165, 1.54) is 12.8 Å². The third kappa shape index (κ3) is 1.63. The topological polar surface area (TPSA) is 46.2 Å². The molecular weight excluding hydrogens is 206 g/mol. The average molecular weight is 225 g/mol. The molecule has 3 N–H and O–H groups in total. The van der Waals surface area contributed by atoms with Gasteiger partial charge in [0.1, 0.15) is 5.60 Å². The molecule has 1 aromatic heterocycles. The van der Waals surface area contributed by atoms with Crippen molar-refractivity contribution in [3.63, 3.8) is 0 Å². The van der Waals surface area contributed by atoms with E-state index in [9.17, 15) is 5.11 Å². The van der Waals surface area contributed by atoms with Crippen LogP contribution in [0.5, 0.6) is 0 Å². The van der Waals surface area contributed by atoms with Crippen molar-refractivity contribution < 1.29 is 5.11 Å². The lowest BCUT2D eigenvalue weighted by Crippen LogP contribution is -2.46. The molecule has 0 saturated heterocycles. The van der Waals surface area contributed by atoms with Crippen LogP contribution in [0.15, 0.2) is 17.5 Å². The summed E-state index contributed by atoms with van der Waals surface area (Å²) in [5.41, 5.74) is 5.05. The first-order chi connectivity index (χ1) is 7.12. The van der Waals surface area contributed by atoms with Crippen molar-refractivity contribution >= 4 is 11.3 Å². The molecule has 0 amide bonds. The number of hydrogen-bond acceptors (Lipinski definition) is 3. The Bertz CT molecular complexity index is 312. The van der Waals surface area contributed by atoms with Gasteiger partial charge < -0.3 is 10.8 Å². The van der Waals surface area contributed by atoms with Crippen LogP contribution in [0.3, 0.4) is 0 Å². The summed E-state index contributed by atoms with van der Waals surface area (Å²) in [7, 11) is 0. The summed E-state index contributed by atoms with van der Waals surface area (Å²) < 4.78 is 0. The molecule has 1 atom stereocenters. The van der Waals surface area contributed by atoms with Crippen LogP contribution >= 0.6 is 11.3 Å². The van der Waals surface area contributed by atoms with Gasteiger partial charge in [-0.15, -0.1) is 11.3 Å². The molecule has 0 aliphatic heterocycles. The highest BCUT2D eigenvalue weighted by Gasteiger charge is 2.49. The van der Waals surface area contributed by atoms with Gasteiger partial charge in [0, 0.05) is 16.8 Å². The van der Waals surface area contributed by atoms with Gasteiger partial charge in [-0.3, -0.25) is 0 Å². The third-order valence-corrected chi connectivity index (χ3v) is 5.07. The summed E-state index contributed by atoms with van der Waals surface area (Å²) in [4.78, 5) is 1.05. The summed E-state index contributed by atoms with van der Waals surface area (Å²) in [6.07, 6.45) is 4.49. The van der Waals surface area contributed by atoms with E-state index in [0.29, 0.717) is 6.54 Å². The van der Waals surface area contributed by atoms with Gasteiger partial charge >= 0.3 is 0 Å². The molecule has 1 saturated carbocycles. The van der Waals surface area contributed by atoms with Gasteiger partial charge in [-0.25, -0.2) is 0 Å². The second kappa shape index (κ2) is 3.89. The van der Waals surface area contributed by atoms with Crippen LogP contribution in [-0.4, -0.2) is 11.7 Å². The molecule has 0 aromatic carbocycles. The minimum absolute atomic E-state index is 0.0994. The molecule has 0 spiro atoms. The fraction of sp³-hybridized carbons (Fsp3) is 0.667. The van der Waals surface area contributed by atoms with E-state index in [2.05, 4.69) is 0 Å². The van der Waals surface area contributed by atoms with E-state index >= 15 is 0 Å². The van der Waals surface area contributed by atoms with E-state index in [-0.39, 0.29) is 5.41 Å². The minimum Gasteiger partial charge on any atom is -0.384 e. The third-order valence-electron chi connectivity index (χ3n) is 3.99. The Morgan fingerprint density at radius 3 is 2.67 bits per heavy atom. The largest absolute Gasteiger partial charge is 0.384 e. The van der Waals surface area contributed by atoms with E-state index in [4.69, 9.17) is 5.73 Å². The van der Waals surface area contributed by atoms with Crippen molar-refractivity contribution in [3.8, 4) is 0 Å². The minimum atomic E-state index is -0.758. The van der Waals surface area contributed by atoms with E-state index < -0.39 is 5.60 Å². The zero-order chi connectivity index (χ0) is 10.9. The van der Waals surface area contributed by atoms with Crippen molar-refractivity contribution in [3.05, 3.63) is 22.4 Å². The highest BCUT2D eigenvalue weighted by atomic mass is 32.1. The quantitative estimate of drug-likeness (QED) is 0.830. The summed E-state index contributed by atoms with van der Waals surface area (Å²) in [6, 6.07) is 4.01. The summed E-state index contributed by atoms with van der Waals surface area (Å²) in [5, 5.41) is 12.8. The van der Waals surface area contributed by atoms with Crippen molar-refractivity contribution in [2.75, 3.05) is 6.54 Å². The fourth-order valence-corrected chi connectivity index (χ4v) is 3.67. The van der Waals surface area contributed by atoms with Gasteiger partial charge in [-0.1, -0.05) is 18.9 Å². The first-order valence-electron chi connectivity index (χ1n) is 5.59. The maximum Gasteiger partial charge on any atom is 0.103 e. The van der Waals surface area contributed by atoms with Crippen LogP contribution < -0.4 is 5.73 Å². The summed E-state index contributed by atoms with van der Waals surface area (Å²) >= 11 is 1.63. The van der Waals surface area contributed by atoms with E-state index in [1.807, 2.05) is 24.4 Å². The number of aliphatic hydroxyl groups is 1. The maximum atomic E-state index is 10.8. The summed E-state index contributed by atoms with van der Waals surface area (Å²) in [6.45, 7) is 2.51. The Morgan fingerprint density at radius 2 is 2.20 bits per heavy atom. The Kier molecular flexibility index (Phi) is 2.88. The van der Waals surface area contributed by atoms with Crippen LogP contribution in [0.4, 0.5) is 0 Å². The predicted molar refractivity (Wildman–Crippen MR) is 63.8 cm³/mol. The van der Waals surface area contributed by atoms with Crippen LogP contribution in [0.2, 0.25) is 0 Å². The van der Waals surface area contributed by atoms with Gasteiger partial charge in [0.2, 0.25) is 0 Å². The molecule has 0 bridgehead atoms. The standard InChI is InChI=1S/C12H19NOS/c1-11(14,10-5-4-8-15-10)12(9-13)6-2-3-7-12/h4-5,8,14H,2-3,6-7,9,13H2,1H3. The van der Waals surface area contributed by atoms with Gasteiger partial charge in [0.15, 0.2) is 0 Å². The Morgan fingerprint density at radius 1 is 1.53 bits per heavy atom. The zero-order valence-electron chi connectivity index (χ0n) is 9.20. The van der Waals surface area contributed by atoms with Crippen LogP contribution in [0.1, 0.15) is 37.5 Å². The molecule has 0 radical (unpaired) electrons. The van der Waals surface area contributed by atoms with Crippen molar-refractivity contribution in [1.82, 2.24) is 0 Å². The monoisotopic (exact) mass is 225 g/mol.